The molecular weight excluding hydrogens is 275 g/mol. The predicted molar refractivity (Wildman–Crippen MR) is 59.1 cm³/mol. The zero-order valence-corrected chi connectivity index (χ0v) is 9.63. The van der Waals surface area contributed by atoms with Gasteiger partial charge in [-0.2, -0.15) is 0 Å². The van der Waals surface area contributed by atoms with Gasteiger partial charge in [0, 0.05) is 17.9 Å². The van der Waals surface area contributed by atoms with Crippen LogP contribution < -0.4 is 4.52 Å². The zero-order chi connectivity index (χ0) is 13.2. The molecule has 9 nitrogen and oxygen atoms in total. The maximum atomic E-state index is 10.5. The highest BCUT2D eigenvalue weighted by atomic mass is 32.5. The number of rotatable bonds is 4. The highest BCUT2D eigenvalue weighted by Gasteiger charge is 2.25. The Bertz CT molecular complexity index is 527. The van der Waals surface area contributed by atoms with Gasteiger partial charge in [-0.15, -0.1) is 0 Å². The third kappa shape index (κ3) is 3.71. The standard InChI is InChI=1S/C6H5N2O7PS/c9-7(10)5-2-1-4(15-16(13,14)17)3-6(5)8(11)12/h1-3H,(H2,13,14,17). The van der Waals surface area contributed by atoms with Gasteiger partial charge in [0.05, 0.1) is 15.9 Å². The van der Waals surface area contributed by atoms with Crippen LogP contribution in [0.25, 0.3) is 0 Å². The van der Waals surface area contributed by atoms with E-state index in [1.807, 2.05) is 0 Å². The van der Waals surface area contributed by atoms with Crippen LogP contribution in [0.5, 0.6) is 5.75 Å². The second kappa shape index (κ2) is 4.72. The molecule has 1 aromatic rings. The molecule has 1 rings (SSSR count). The fourth-order valence-corrected chi connectivity index (χ4v) is 1.64. The maximum absolute atomic E-state index is 10.5. The quantitative estimate of drug-likeness (QED) is 0.475. The average molecular weight is 280 g/mol. The lowest BCUT2D eigenvalue weighted by Gasteiger charge is -2.09. The first-order valence-electron chi connectivity index (χ1n) is 3.88. The fourth-order valence-electron chi connectivity index (χ4n) is 0.998. The summed E-state index contributed by atoms with van der Waals surface area (Å²) in [6.07, 6.45) is 0. The van der Waals surface area contributed by atoms with Gasteiger partial charge in [0.25, 0.3) is 0 Å². The normalized spacial score (nSPS) is 10.9. The molecule has 11 heteroatoms. The summed E-state index contributed by atoms with van der Waals surface area (Å²) in [5, 5.41) is 21.0. The fraction of sp³-hybridized carbons (Fsp3) is 0. The van der Waals surface area contributed by atoms with Crippen molar-refractivity contribution < 1.29 is 24.2 Å². The van der Waals surface area contributed by atoms with E-state index in [9.17, 15) is 20.2 Å². The minimum Gasteiger partial charge on any atom is -0.424 e. The van der Waals surface area contributed by atoms with Crippen LogP contribution in [0.15, 0.2) is 18.2 Å². The summed E-state index contributed by atoms with van der Waals surface area (Å²) in [5.74, 6) is -0.323. The summed E-state index contributed by atoms with van der Waals surface area (Å²) in [4.78, 5) is 36.8. The van der Waals surface area contributed by atoms with Crippen LogP contribution in [0.2, 0.25) is 0 Å². The molecule has 0 amide bonds. The van der Waals surface area contributed by atoms with Gasteiger partial charge in [-0.25, -0.2) is 0 Å². The monoisotopic (exact) mass is 280 g/mol. The van der Waals surface area contributed by atoms with E-state index >= 15 is 0 Å². The first-order valence-corrected chi connectivity index (χ1v) is 6.51. The molecule has 1 aromatic carbocycles. The van der Waals surface area contributed by atoms with E-state index in [4.69, 9.17) is 9.79 Å². The Hall–Kier alpha value is -1.61. The van der Waals surface area contributed by atoms with E-state index in [0.717, 1.165) is 12.1 Å². The number of nitrogens with zero attached hydrogens (tertiary/aromatic N) is 2. The summed E-state index contributed by atoms with van der Waals surface area (Å²) < 4.78 is 4.44. The summed E-state index contributed by atoms with van der Waals surface area (Å²) in [5.41, 5.74) is -1.55. The van der Waals surface area contributed by atoms with Crippen molar-refractivity contribution in [3.63, 3.8) is 0 Å². The van der Waals surface area contributed by atoms with Crippen molar-refractivity contribution in [3.05, 3.63) is 38.4 Å². The molecule has 0 aromatic heterocycles. The van der Waals surface area contributed by atoms with Gasteiger partial charge in [0.15, 0.2) is 0 Å². The van der Waals surface area contributed by atoms with Crippen LogP contribution in [0.1, 0.15) is 0 Å². The number of hydrogen-bond donors (Lipinski definition) is 2. The third-order valence-electron chi connectivity index (χ3n) is 1.56. The molecule has 92 valence electrons. The minimum absolute atomic E-state index is 0.323. The molecule has 0 unspecified atom stereocenters. The molecule has 0 aliphatic heterocycles. The van der Waals surface area contributed by atoms with Crippen molar-refractivity contribution >= 4 is 29.9 Å². The zero-order valence-electron chi connectivity index (χ0n) is 7.92. The maximum Gasteiger partial charge on any atom is 0.375 e. The molecule has 2 N–H and O–H groups in total. The van der Waals surface area contributed by atoms with Crippen molar-refractivity contribution in [2.24, 2.45) is 0 Å². The molecule has 0 heterocycles. The molecule has 0 saturated heterocycles. The molecule has 0 fully saturated rings. The summed E-state index contributed by atoms with van der Waals surface area (Å²) in [6, 6.07) is 2.50. The SMILES string of the molecule is O=[N+]([O-])c1ccc(OP(O)(O)=S)cc1[N+](=O)[O-]. The Balaban J connectivity index is 3.24. The average Bonchev–Trinajstić information content (AvgIpc) is 2.14. The number of nitro benzene ring substituents is 2. The van der Waals surface area contributed by atoms with E-state index in [0.29, 0.717) is 6.07 Å². The Morgan fingerprint density at radius 2 is 1.71 bits per heavy atom. The first kappa shape index (κ1) is 13.5. The number of hydrogen-bond acceptors (Lipinski definition) is 6. The Morgan fingerprint density at radius 3 is 2.12 bits per heavy atom. The van der Waals surface area contributed by atoms with Gasteiger partial charge in [-0.1, -0.05) is 0 Å². The second-order valence-electron chi connectivity index (χ2n) is 2.75. The summed E-state index contributed by atoms with van der Waals surface area (Å²) >= 11 is 4.16. The smallest absolute Gasteiger partial charge is 0.375 e. The third-order valence-corrected chi connectivity index (χ3v) is 2.24. The van der Waals surface area contributed by atoms with Crippen molar-refractivity contribution in [3.8, 4) is 5.75 Å². The van der Waals surface area contributed by atoms with Gasteiger partial charge in [-0.3, -0.25) is 20.2 Å². The van der Waals surface area contributed by atoms with E-state index in [2.05, 4.69) is 16.3 Å². The Morgan fingerprint density at radius 1 is 1.18 bits per heavy atom. The topological polar surface area (TPSA) is 136 Å². The number of nitro groups is 2. The van der Waals surface area contributed by atoms with Crippen molar-refractivity contribution in [1.82, 2.24) is 0 Å². The molecule has 0 spiro atoms. The van der Waals surface area contributed by atoms with Crippen LogP contribution in [-0.4, -0.2) is 19.6 Å². The van der Waals surface area contributed by atoms with Crippen LogP contribution in [0.3, 0.4) is 0 Å². The Labute approximate surface area is 98.8 Å². The van der Waals surface area contributed by atoms with Crippen molar-refractivity contribution in [2.75, 3.05) is 0 Å². The Kier molecular flexibility index (Phi) is 3.73. The molecule has 0 atom stereocenters. The first-order chi connectivity index (χ1) is 7.70. The summed E-state index contributed by atoms with van der Waals surface area (Å²) in [7, 11) is 0. The molecule has 0 bridgehead atoms. The van der Waals surface area contributed by atoms with Gasteiger partial charge >= 0.3 is 18.1 Å². The van der Waals surface area contributed by atoms with Crippen LogP contribution >= 0.6 is 6.72 Å². The van der Waals surface area contributed by atoms with E-state index in [1.54, 1.807) is 0 Å². The van der Waals surface area contributed by atoms with Crippen LogP contribution in [-0.2, 0) is 11.8 Å². The van der Waals surface area contributed by atoms with Crippen LogP contribution in [0, 0.1) is 20.2 Å². The molecule has 0 saturated carbocycles. The highest BCUT2D eigenvalue weighted by Crippen LogP contribution is 2.40. The molecule has 0 aliphatic rings. The molecular formula is C6H5N2O7PS. The van der Waals surface area contributed by atoms with Crippen molar-refractivity contribution in [1.29, 1.82) is 0 Å². The largest absolute Gasteiger partial charge is 0.424 e. The summed E-state index contributed by atoms with van der Waals surface area (Å²) in [6.45, 7) is -4.04. The molecule has 17 heavy (non-hydrogen) atoms. The van der Waals surface area contributed by atoms with Gasteiger partial charge in [0.2, 0.25) is 0 Å². The van der Waals surface area contributed by atoms with E-state index in [-0.39, 0.29) is 5.75 Å². The lowest BCUT2D eigenvalue weighted by Crippen LogP contribution is -1.97. The lowest BCUT2D eigenvalue weighted by molar-refractivity contribution is -0.422. The van der Waals surface area contributed by atoms with Gasteiger partial charge in [-0.05, 0) is 6.07 Å². The van der Waals surface area contributed by atoms with Crippen LogP contribution in [0.4, 0.5) is 11.4 Å². The van der Waals surface area contributed by atoms with Gasteiger partial charge in [0.1, 0.15) is 5.75 Å². The molecule has 0 radical (unpaired) electrons. The number of benzene rings is 1. The molecule has 0 aliphatic carbocycles. The highest BCUT2D eigenvalue weighted by molar-refractivity contribution is 8.06. The lowest BCUT2D eigenvalue weighted by atomic mass is 10.2. The van der Waals surface area contributed by atoms with Gasteiger partial charge < -0.3 is 14.3 Å². The second-order valence-corrected chi connectivity index (χ2v) is 5.34. The minimum atomic E-state index is -4.04. The van der Waals surface area contributed by atoms with E-state index in [1.165, 1.54) is 0 Å². The van der Waals surface area contributed by atoms with Crippen molar-refractivity contribution in [2.45, 2.75) is 0 Å². The predicted octanol–water partition coefficient (Wildman–Crippen LogP) is 1.09. The van der Waals surface area contributed by atoms with E-state index < -0.39 is 27.9 Å².